The Balaban J connectivity index is 2.09. The lowest BCUT2D eigenvalue weighted by Crippen LogP contribution is -2.18. The molecule has 0 saturated heterocycles. The summed E-state index contributed by atoms with van der Waals surface area (Å²) in [5.41, 5.74) is 3.08. The van der Waals surface area contributed by atoms with Gasteiger partial charge in [-0.2, -0.15) is 15.0 Å². The number of benzene rings is 1. The van der Waals surface area contributed by atoms with E-state index in [1.807, 2.05) is 44.2 Å². The zero-order valence-electron chi connectivity index (χ0n) is 14.3. The first-order valence-corrected chi connectivity index (χ1v) is 8.43. The largest absolute Gasteiger partial charge is 0.448 e. The third kappa shape index (κ3) is 3.32. The molecule has 0 aliphatic rings. The summed E-state index contributed by atoms with van der Waals surface area (Å²) in [6, 6.07) is 9.81. The van der Waals surface area contributed by atoms with Crippen LogP contribution in [0.25, 0.3) is 16.7 Å². The van der Waals surface area contributed by atoms with Gasteiger partial charge in [-0.15, -0.1) is 11.6 Å². The summed E-state index contributed by atoms with van der Waals surface area (Å²) in [5, 5.41) is 17.1. The molecule has 0 bridgehead atoms. The van der Waals surface area contributed by atoms with Gasteiger partial charge < -0.3 is 4.74 Å². The van der Waals surface area contributed by atoms with Crippen LogP contribution in [0.15, 0.2) is 30.5 Å². The van der Waals surface area contributed by atoms with Gasteiger partial charge in [-0.1, -0.05) is 18.2 Å². The van der Waals surface area contributed by atoms with E-state index in [-0.39, 0.29) is 23.9 Å². The van der Waals surface area contributed by atoms with E-state index >= 15 is 0 Å². The summed E-state index contributed by atoms with van der Waals surface area (Å²) in [4.78, 5) is 16.6. The van der Waals surface area contributed by atoms with Gasteiger partial charge in [0.25, 0.3) is 0 Å². The molecule has 2 heterocycles. The first kappa shape index (κ1) is 17.7. The van der Waals surface area contributed by atoms with Crippen molar-refractivity contribution in [3.05, 3.63) is 47.2 Å². The van der Waals surface area contributed by atoms with Crippen molar-refractivity contribution < 1.29 is 9.53 Å². The average molecular weight is 370 g/mol. The molecule has 8 heteroatoms. The van der Waals surface area contributed by atoms with Crippen molar-refractivity contribution >= 4 is 34.4 Å². The van der Waals surface area contributed by atoms with Gasteiger partial charge >= 0.3 is 6.09 Å². The van der Waals surface area contributed by atoms with Gasteiger partial charge in [0.15, 0.2) is 11.6 Å². The number of aromatic nitrogens is 3. The number of rotatable bonds is 4. The Kier molecular flexibility index (Phi) is 5.05. The van der Waals surface area contributed by atoms with Gasteiger partial charge in [0.2, 0.25) is 0 Å². The smallest absolute Gasteiger partial charge is 0.412 e. The molecule has 0 radical (unpaired) electrons. The van der Waals surface area contributed by atoms with Crippen LogP contribution in [0, 0.1) is 25.2 Å². The fourth-order valence-corrected chi connectivity index (χ4v) is 2.72. The molecule has 26 heavy (non-hydrogen) atoms. The van der Waals surface area contributed by atoms with Crippen molar-refractivity contribution in [1.29, 1.82) is 5.26 Å². The third-order valence-corrected chi connectivity index (χ3v) is 4.03. The normalized spacial score (nSPS) is 10.5. The first-order valence-electron chi connectivity index (χ1n) is 7.90. The lowest BCUT2D eigenvalue weighted by molar-refractivity contribution is 0.168. The number of nitriles is 1. The zero-order valence-corrected chi connectivity index (χ0v) is 15.0. The van der Waals surface area contributed by atoms with Crippen LogP contribution in [0.5, 0.6) is 0 Å². The van der Waals surface area contributed by atoms with Crippen molar-refractivity contribution in [3.63, 3.8) is 0 Å². The second-order valence-electron chi connectivity index (χ2n) is 5.65. The van der Waals surface area contributed by atoms with E-state index in [1.165, 1.54) is 10.9 Å². The quantitative estimate of drug-likeness (QED) is 0.708. The fourth-order valence-electron chi connectivity index (χ4n) is 2.64. The number of nitrogens with zero attached hydrogens (tertiary/aromatic N) is 4. The van der Waals surface area contributed by atoms with Crippen LogP contribution in [-0.4, -0.2) is 33.3 Å². The number of halogens is 1. The van der Waals surface area contributed by atoms with Gasteiger partial charge in [-0.05, 0) is 31.0 Å². The molecule has 0 aliphatic carbocycles. The molecule has 1 N–H and O–H groups in total. The number of amides is 1. The number of hydrogen-bond donors (Lipinski definition) is 1. The predicted molar refractivity (Wildman–Crippen MR) is 98.7 cm³/mol. The molecule has 0 aliphatic heterocycles. The molecule has 0 spiro atoms. The van der Waals surface area contributed by atoms with Crippen molar-refractivity contribution in [2.24, 2.45) is 0 Å². The van der Waals surface area contributed by atoms with E-state index in [4.69, 9.17) is 16.3 Å². The van der Waals surface area contributed by atoms with E-state index in [0.717, 1.165) is 22.0 Å². The number of alkyl halides is 1. The molecule has 0 saturated carbocycles. The predicted octanol–water partition coefficient (Wildman–Crippen LogP) is 3.70. The molecule has 0 unspecified atom stereocenters. The summed E-state index contributed by atoms with van der Waals surface area (Å²) in [6.07, 6.45) is 0.661. The summed E-state index contributed by atoms with van der Waals surface area (Å²) < 4.78 is 6.33. The number of pyridine rings is 1. The van der Waals surface area contributed by atoms with Gasteiger partial charge in [0, 0.05) is 5.39 Å². The molecule has 0 fully saturated rings. The minimum Gasteiger partial charge on any atom is -0.448 e. The number of hydrogen-bond acceptors (Lipinski definition) is 5. The summed E-state index contributed by atoms with van der Waals surface area (Å²) >= 11 is 5.52. The van der Waals surface area contributed by atoms with Crippen molar-refractivity contribution in [2.75, 3.05) is 17.8 Å². The highest BCUT2D eigenvalue weighted by atomic mass is 35.5. The van der Waals surface area contributed by atoms with Gasteiger partial charge in [-0.3, -0.25) is 5.32 Å². The number of anilines is 1. The Labute approximate surface area is 155 Å². The van der Waals surface area contributed by atoms with Crippen molar-refractivity contribution in [1.82, 2.24) is 14.8 Å². The van der Waals surface area contributed by atoms with E-state index in [1.54, 1.807) is 0 Å². The van der Waals surface area contributed by atoms with E-state index < -0.39 is 6.09 Å². The molecular formula is C18H16ClN5O2. The fraction of sp³-hybridized carbons (Fsp3) is 0.222. The first-order chi connectivity index (χ1) is 12.5. The molecule has 7 nitrogen and oxygen atoms in total. The van der Waals surface area contributed by atoms with Crippen LogP contribution < -0.4 is 5.32 Å². The highest BCUT2D eigenvalue weighted by Crippen LogP contribution is 2.25. The second kappa shape index (κ2) is 7.42. The van der Waals surface area contributed by atoms with Gasteiger partial charge in [-0.25, -0.2) is 9.78 Å². The molecular weight excluding hydrogens is 354 g/mol. The van der Waals surface area contributed by atoms with Crippen LogP contribution in [0.1, 0.15) is 16.7 Å². The maximum absolute atomic E-state index is 11.9. The van der Waals surface area contributed by atoms with Crippen LogP contribution in [-0.2, 0) is 4.74 Å². The van der Waals surface area contributed by atoms with Crippen molar-refractivity contribution in [3.8, 4) is 11.9 Å². The highest BCUT2D eigenvalue weighted by molar-refractivity contribution is 6.18. The Morgan fingerprint density at radius 3 is 2.92 bits per heavy atom. The molecule has 2 aromatic heterocycles. The van der Waals surface area contributed by atoms with E-state index in [9.17, 15) is 10.1 Å². The highest BCUT2D eigenvalue weighted by Gasteiger charge is 2.17. The Bertz CT molecular complexity index is 1020. The van der Waals surface area contributed by atoms with E-state index in [0.29, 0.717) is 5.82 Å². The SMILES string of the molecule is Cc1cc(-n2ncc(C#N)c2NC(=O)OCCCl)nc2c(C)cccc12. The number of aryl methyl sites for hydroxylation is 2. The van der Waals surface area contributed by atoms with Gasteiger partial charge in [0.05, 0.1) is 17.6 Å². The maximum atomic E-state index is 11.9. The Morgan fingerprint density at radius 1 is 1.38 bits per heavy atom. The van der Waals surface area contributed by atoms with Crippen LogP contribution in [0.4, 0.5) is 10.6 Å². The monoisotopic (exact) mass is 369 g/mol. The molecule has 3 rings (SSSR count). The lowest BCUT2D eigenvalue weighted by atomic mass is 10.1. The molecule has 0 atom stereocenters. The van der Waals surface area contributed by atoms with Gasteiger partial charge in [0.1, 0.15) is 18.2 Å². The lowest BCUT2D eigenvalue weighted by Gasteiger charge is -2.12. The molecule has 3 aromatic rings. The average Bonchev–Trinajstić information content (AvgIpc) is 3.03. The summed E-state index contributed by atoms with van der Waals surface area (Å²) in [5.74, 6) is 0.882. The standard InChI is InChI=1S/C18H16ClN5O2/c1-11-4-3-5-14-12(2)8-15(22-16(11)14)24-17(13(9-20)10-21-24)23-18(25)26-7-6-19/h3-5,8,10H,6-7H2,1-2H3,(H,23,25). The topological polar surface area (TPSA) is 92.8 Å². The minimum absolute atomic E-state index is 0.0654. The van der Waals surface area contributed by atoms with Crippen LogP contribution >= 0.6 is 11.6 Å². The van der Waals surface area contributed by atoms with Crippen LogP contribution in [0.3, 0.4) is 0 Å². The number of carbonyl (C=O) groups excluding carboxylic acids is 1. The van der Waals surface area contributed by atoms with Crippen LogP contribution in [0.2, 0.25) is 0 Å². The molecule has 132 valence electrons. The summed E-state index contributed by atoms with van der Waals surface area (Å²) in [6.45, 7) is 4.02. The van der Waals surface area contributed by atoms with E-state index in [2.05, 4.69) is 15.4 Å². The summed E-state index contributed by atoms with van der Waals surface area (Å²) in [7, 11) is 0. The molecule has 1 aromatic carbocycles. The van der Waals surface area contributed by atoms with Crippen molar-refractivity contribution in [2.45, 2.75) is 13.8 Å². The Hall–Kier alpha value is -3.11. The number of nitrogens with one attached hydrogen (secondary N) is 1. The number of para-hydroxylation sites is 1. The minimum atomic E-state index is -0.711. The number of ether oxygens (including phenoxy) is 1. The second-order valence-corrected chi connectivity index (χ2v) is 6.03. The Morgan fingerprint density at radius 2 is 2.19 bits per heavy atom. The maximum Gasteiger partial charge on any atom is 0.412 e. The number of carbonyl (C=O) groups is 1. The zero-order chi connectivity index (χ0) is 18.7. The molecule has 1 amide bonds. The number of fused-ring (bicyclic) bond motifs is 1. The third-order valence-electron chi connectivity index (χ3n) is 3.87.